The van der Waals surface area contributed by atoms with E-state index in [1.54, 1.807) is 55.0 Å². The van der Waals surface area contributed by atoms with E-state index >= 15 is 0 Å². The van der Waals surface area contributed by atoms with Crippen molar-refractivity contribution >= 4 is 35.1 Å². The van der Waals surface area contributed by atoms with Crippen LogP contribution in [0.1, 0.15) is 10.5 Å². The third-order valence-corrected chi connectivity index (χ3v) is 4.63. The second-order valence-electron chi connectivity index (χ2n) is 6.23. The highest BCUT2D eigenvalue weighted by molar-refractivity contribution is 6.30. The Morgan fingerprint density at radius 2 is 1.46 bits per heavy atom. The molecule has 1 aliphatic heterocycles. The third kappa shape index (κ3) is 4.17. The van der Waals surface area contributed by atoms with Gasteiger partial charge in [0.25, 0.3) is 5.91 Å². The molecule has 1 aliphatic rings. The van der Waals surface area contributed by atoms with Gasteiger partial charge in [-0.1, -0.05) is 11.6 Å². The number of rotatable bonds is 4. The van der Waals surface area contributed by atoms with Crippen molar-refractivity contribution in [3.63, 3.8) is 0 Å². The predicted octanol–water partition coefficient (Wildman–Crippen LogP) is 2.50. The Balaban J connectivity index is 1.41. The van der Waals surface area contributed by atoms with Crippen LogP contribution in [0.5, 0.6) is 0 Å². The Labute approximate surface area is 167 Å². The topological polar surface area (TPSA) is 87.1 Å². The van der Waals surface area contributed by atoms with Gasteiger partial charge in [0.2, 0.25) is 11.9 Å². The molecule has 1 aromatic carbocycles. The van der Waals surface area contributed by atoms with Crippen molar-refractivity contribution in [2.24, 2.45) is 0 Å². The fourth-order valence-electron chi connectivity index (χ4n) is 2.92. The maximum atomic E-state index is 12.5. The molecule has 1 fully saturated rings. The smallest absolute Gasteiger partial charge is 0.274 e. The van der Waals surface area contributed by atoms with E-state index < -0.39 is 0 Å². The van der Waals surface area contributed by atoms with Gasteiger partial charge in [-0.05, 0) is 36.4 Å². The molecule has 0 saturated carbocycles. The van der Waals surface area contributed by atoms with Gasteiger partial charge in [0.05, 0.1) is 0 Å². The quantitative estimate of drug-likeness (QED) is 0.726. The van der Waals surface area contributed by atoms with Crippen molar-refractivity contribution < 1.29 is 4.79 Å². The van der Waals surface area contributed by atoms with Crippen molar-refractivity contribution in [3.05, 3.63) is 65.7 Å². The van der Waals surface area contributed by atoms with Gasteiger partial charge >= 0.3 is 0 Å². The first kappa shape index (κ1) is 18.1. The van der Waals surface area contributed by atoms with E-state index in [0.29, 0.717) is 22.4 Å². The molecule has 1 amide bonds. The van der Waals surface area contributed by atoms with Crippen LogP contribution in [0, 0.1) is 0 Å². The summed E-state index contributed by atoms with van der Waals surface area (Å²) in [5, 5.41) is 3.43. The van der Waals surface area contributed by atoms with Gasteiger partial charge in [0.15, 0.2) is 0 Å². The molecule has 9 heteroatoms. The van der Waals surface area contributed by atoms with Crippen LogP contribution in [0.25, 0.3) is 0 Å². The van der Waals surface area contributed by atoms with Crippen molar-refractivity contribution in [2.45, 2.75) is 0 Å². The Bertz CT molecular complexity index is 944. The van der Waals surface area contributed by atoms with Crippen LogP contribution in [-0.2, 0) is 0 Å². The molecule has 3 heterocycles. The molecule has 1 N–H and O–H groups in total. The minimum atomic E-state index is -0.290. The van der Waals surface area contributed by atoms with Crippen LogP contribution in [0.15, 0.2) is 55.0 Å². The molecule has 28 heavy (non-hydrogen) atoms. The van der Waals surface area contributed by atoms with Gasteiger partial charge < -0.3 is 15.1 Å². The summed E-state index contributed by atoms with van der Waals surface area (Å²) in [6, 6.07) is 10.3. The monoisotopic (exact) mass is 395 g/mol. The van der Waals surface area contributed by atoms with Gasteiger partial charge in [-0.3, -0.25) is 4.79 Å². The second kappa shape index (κ2) is 8.18. The lowest BCUT2D eigenvalue weighted by molar-refractivity contribution is 0.102. The Morgan fingerprint density at radius 1 is 0.857 bits per heavy atom. The summed E-state index contributed by atoms with van der Waals surface area (Å²) in [5.74, 6) is 0.971. The number of aromatic nitrogens is 4. The highest BCUT2D eigenvalue weighted by Crippen LogP contribution is 2.16. The molecule has 0 bridgehead atoms. The SMILES string of the molecule is O=C(Nc1ccc(Cl)cc1)c1ccnc(N2CCN(c3ncccn3)CC2)n1. The van der Waals surface area contributed by atoms with Crippen LogP contribution < -0.4 is 15.1 Å². The third-order valence-electron chi connectivity index (χ3n) is 4.38. The molecule has 0 aliphatic carbocycles. The van der Waals surface area contributed by atoms with E-state index in [2.05, 4.69) is 35.1 Å². The van der Waals surface area contributed by atoms with Gasteiger partial charge in [-0.15, -0.1) is 0 Å². The minimum Gasteiger partial charge on any atom is -0.337 e. The first-order chi connectivity index (χ1) is 13.7. The zero-order chi connectivity index (χ0) is 19.3. The molecule has 0 atom stereocenters. The number of anilines is 3. The normalized spacial score (nSPS) is 14.0. The minimum absolute atomic E-state index is 0.290. The number of piperazine rings is 1. The van der Waals surface area contributed by atoms with Gasteiger partial charge in [-0.2, -0.15) is 0 Å². The summed E-state index contributed by atoms with van der Waals surface area (Å²) in [5.41, 5.74) is 0.972. The number of nitrogens with zero attached hydrogens (tertiary/aromatic N) is 6. The van der Waals surface area contributed by atoms with Crippen molar-refractivity contribution in [1.82, 2.24) is 19.9 Å². The number of hydrogen-bond acceptors (Lipinski definition) is 7. The van der Waals surface area contributed by atoms with E-state index in [0.717, 1.165) is 32.1 Å². The average molecular weight is 396 g/mol. The first-order valence-electron chi connectivity index (χ1n) is 8.86. The fraction of sp³-hybridized carbons (Fsp3) is 0.211. The number of carbonyl (C=O) groups excluding carboxylic acids is 1. The lowest BCUT2D eigenvalue weighted by Gasteiger charge is -2.34. The van der Waals surface area contributed by atoms with Crippen LogP contribution in [-0.4, -0.2) is 52.0 Å². The highest BCUT2D eigenvalue weighted by Gasteiger charge is 2.21. The first-order valence-corrected chi connectivity index (χ1v) is 9.24. The average Bonchev–Trinajstić information content (AvgIpc) is 2.76. The number of halogens is 1. The van der Waals surface area contributed by atoms with E-state index in [9.17, 15) is 4.79 Å². The Hall–Kier alpha value is -3.26. The van der Waals surface area contributed by atoms with Crippen molar-refractivity contribution in [2.75, 3.05) is 41.3 Å². The zero-order valence-electron chi connectivity index (χ0n) is 15.0. The maximum Gasteiger partial charge on any atom is 0.274 e. The lowest BCUT2D eigenvalue weighted by atomic mass is 10.3. The Morgan fingerprint density at radius 3 is 2.14 bits per heavy atom. The number of amides is 1. The van der Waals surface area contributed by atoms with E-state index in [1.807, 2.05) is 0 Å². The maximum absolute atomic E-state index is 12.5. The van der Waals surface area contributed by atoms with Crippen LogP contribution in [0.3, 0.4) is 0 Å². The van der Waals surface area contributed by atoms with Crippen LogP contribution >= 0.6 is 11.6 Å². The largest absolute Gasteiger partial charge is 0.337 e. The van der Waals surface area contributed by atoms with Crippen LogP contribution in [0.2, 0.25) is 5.02 Å². The summed E-state index contributed by atoms with van der Waals surface area (Å²) in [4.78, 5) is 34.0. The van der Waals surface area contributed by atoms with E-state index in [-0.39, 0.29) is 5.91 Å². The lowest BCUT2D eigenvalue weighted by Crippen LogP contribution is -2.47. The molecular formula is C19H18ClN7O. The molecule has 0 spiro atoms. The molecular weight excluding hydrogens is 378 g/mol. The second-order valence-corrected chi connectivity index (χ2v) is 6.66. The van der Waals surface area contributed by atoms with Crippen LogP contribution in [0.4, 0.5) is 17.6 Å². The molecule has 142 valence electrons. The summed E-state index contributed by atoms with van der Waals surface area (Å²) >= 11 is 5.87. The van der Waals surface area contributed by atoms with Gasteiger partial charge in [-0.25, -0.2) is 19.9 Å². The number of benzene rings is 1. The fourth-order valence-corrected chi connectivity index (χ4v) is 3.04. The summed E-state index contributed by atoms with van der Waals surface area (Å²) in [6.07, 6.45) is 5.08. The van der Waals surface area contributed by atoms with Crippen molar-refractivity contribution in [3.8, 4) is 0 Å². The molecule has 4 rings (SSSR count). The zero-order valence-corrected chi connectivity index (χ0v) is 15.8. The Kier molecular flexibility index (Phi) is 5.29. The van der Waals surface area contributed by atoms with Gasteiger partial charge in [0, 0.05) is 55.5 Å². The van der Waals surface area contributed by atoms with Crippen molar-refractivity contribution in [1.29, 1.82) is 0 Å². The summed E-state index contributed by atoms with van der Waals surface area (Å²) in [6.45, 7) is 2.96. The molecule has 3 aromatic rings. The molecule has 0 radical (unpaired) electrons. The summed E-state index contributed by atoms with van der Waals surface area (Å²) in [7, 11) is 0. The predicted molar refractivity (Wildman–Crippen MR) is 108 cm³/mol. The number of hydrogen-bond donors (Lipinski definition) is 1. The molecule has 2 aromatic heterocycles. The number of carbonyl (C=O) groups is 1. The molecule has 1 saturated heterocycles. The van der Waals surface area contributed by atoms with E-state index in [4.69, 9.17) is 11.6 Å². The standard InChI is InChI=1S/C19H18ClN7O/c20-14-2-4-15(5-3-14)24-17(28)16-6-9-23-19(25-16)27-12-10-26(11-13-27)18-21-7-1-8-22-18/h1-9H,10-13H2,(H,24,28). The van der Waals surface area contributed by atoms with E-state index in [1.165, 1.54) is 0 Å². The molecule has 8 nitrogen and oxygen atoms in total. The van der Waals surface area contributed by atoms with Gasteiger partial charge in [0.1, 0.15) is 5.69 Å². The molecule has 0 unspecified atom stereocenters. The number of nitrogens with one attached hydrogen (secondary N) is 1. The summed E-state index contributed by atoms with van der Waals surface area (Å²) < 4.78 is 0. The highest BCUT2D eigenvalue weighted by atomic mass is 35.5.